The highest BCUT2D eigenvalue weighted by atomic mass is 35.5. The third-order valence-corrected chi connectivity index (χ3v) is 4.42. The van der Waals surface area contributed by atoms with Crippen LogP contribution in [0.5, 0.6) is 0 Å². The first-order valence-electron chi connectivity index (χ1n) is 9.93. The van der Waals surface area contributed by atoms with Crippen molar-refractivity contribution in [2.45, 2.75) is 38.0 Å². The van der Waals surface area contributed by atoms with Crippen LogP contribution in [0.25, 0.3) is 0 Å². The molecule has 2 atom stereocenters. The smallest absolute Gasteiger partial charge is 0.408 e. The largest absolute Gasteiger partial charge is 0.480 e. The van der Waals surface area contributed by atoms with Crippen molar-refractivity contribution in [3.63, 3.8) is 0 Å². The molecule has 0 heterocycles. The van der Waals surface area contributed by atoms with E-state index in [9.17, 15) is 24.3 Å². The molecule has 0 radical (unpaired) electrons. The van der Waals surface area contributed by atoms with Gasteiger partial charge in [-0.3, -0.25) is 20.4 Å². The summed E-state index contributed by atoms with van der Waals surface area (Å²) in [6.07, 6.45) is -1.09. The van der Waals surface area contributed by atoms with Gasteiger partial charge in [0.2, 0.25) is 5.91 Å². The van der Waals surface area contributed by atoms with Gasteiger partial charge in [0.15, 0.2) is 0 Å². The first kappa shape index (κ1) is 27.4. The summed E-state index contributed by atoms with van der Waals surface area (Å²) in [5.41, 5.74) is 11.8. The van der Waals surface area contributed by atoms with Crippen molar-refractivity contribution in [1.82, 2.24) is 16.2 Å². The number of amides is 3. The van der Waals surface area contributed by atoms with E-state index in [1.807, 2.05) is 36.4 Å². The lowest BCUT2D eigenvalue weighted by Gasteiger charge is -2.15. The summed E-state index contributed by atoms with van der Waals surface area (Å²) in [5.74, 6) is -2.53. The molecule has 0 bridgehead atoms. The molecule has 3 amide bonds. The van der Waals surface area contributed by atoms with Gasteiger partial charge in [-0.15, -0.1) is 12.4 Å². The maximum atomic E-state index is 12.0. The Morgan fingerprint density at radius 1 is 0.909 bits per heavy atom. The molecular weight excluding hydrogens is 452 g/mol. The molecule has 10 nitrogen and oxygen atoms in total. The van der Waals surface area contributed by atoms with Crippen molar-refractivity contribution in [2.24, 2.45) is 5.73 Å². The van der Waals surface area contributed by atoms with Crippen LogP contribution in [-0.4, -0.2) is 41.1 Å². The normalized spacial score (nSPS) is 11.8. The van der Waals surface area contributed by atoms with Crippen LogP contribution in [0.1, 0.15) is 24.0 Å². The predicted molar refractivity (Wildman–Crippen MR) is 122 cm³/mol. The molecule has 11 heteroatoms. The fourth-order valence-corrected chi connectivity index (χ4v) is 2.69. The Balaban J connectivity index is 0.00000544. The van der Waals surface area contributed by atoms with Gasteiger partial charge in [-0.1, -0.05) is 60.7 Å². The van der Waals surface area contributed by atoms with Gasteiger partial charge in [-0.25, -0.2) is 9.59 Å². The standard InChI is InChI=1S/C22H26N4O6.ClH/c23-17(13-15-7-3-1-4-8-15)20(28)26-25-19(27)12-11-18(21(29)30)24-22(31)32-14-16-9-5-2-6-10-16;/h1-10,17-18H,11-14,23H2,(H,24,31)(H,25,27)(H,26,28)(H,29,30);1H. The zero-order valence-corrected chi connectivity index (χ0v) is 18.5. The lowest BCUT2D eigenvalue weighted by atomic mass is 10.1. The summed E-state index contributed by atoms with van der Waals surface area (Å²) in [6, 6.07) is 15.8. The number of nitrogens with two attached hydrogens (primary N) is 1. The van der Waals surface area contributed by atoms with E-state index < -0.39 is 36.0 Å². The number of hydrogen-bond acceptors (Lipinski definition) is 6. The van der Waals surface area contributed by atoms with Gasteiger partial charge in [-0.2, -0.15) is 0 Å². The van der Waals surface area contributed by atoms with Crippen LogP contribution < -0.4 is 21.9 Å². The zero-order chi connectivity index (χ0) is 23.3. The molecule has 0 aliphatic carbocycles. The molecule has 6 N–H and O–H groups in total. The monoisotopic (exact) mass is 478 g/mol. The predicted octanol–water partition coefficient (Wildman–Crippen LogP) is 1.29. The summed E-state index contributed by atoms with van der Waals surface area (Å²) in [7, 11) is 0. The lowest BCUT2D eigenvalue weighted by Crippen LogP contribution is -2.50. The molecule has 0 saturated carbocycles. The minimum absolute atomic E-state index is 0. The van der Waals surface area contributed by atoms with E-state index in [4.69, 9.17) is 10.5 Å². The Hall–Kier alpha value is -3.63. The highest BCUT2D eigenvalue weighted by Gasteiger charge is 2.22. The SMILES string of the molecule is Cl.NC(Cc1ccccc1)C(=O)NNC(=O)CCC(NC(=O)OCc1ccccc1)C(=O)O. The van der Waals surface area contributed by atoms with Gasteiger partial charge in [-0.05, 0) is 24.0 Å². The van der Waals surface area contributed by atoms with E-state index in [1.165, 1.54) is 0 Å². The highest BCUT2D eigenvalue weighted by molar-refractivity contribution is 5.86. The van der Waals surface area contributed by atoms with E-state index >= 15 is 0 Å². The molecule has 0 aliphatic heterocycles. The number of rotatable bonds is 10. The number of carboxylic acids is 1. The van der Waals surface area contributed by atoms with Gasteiger partial charge < -0.3 is 20.9 Å². The quantitative estimate of drug-likeness (QED) is 0.321. The minimum atomic E-state index is -1.33. The molecule has 2 aromatic rings. The van der Waals surface area contributed by atoms with Crippen molar-refractivity contribution in [1.29, 1.82) is 0 Å². The summed E-state index contributed by atoms with van der Waals surface area (Å²) in [5, 5.41) is 11.5. The Morgan fingerprint density at radius 2 is 1.48 bits per heavy atom. The molecular formula is C22H27ClN4O6. The van der Waals surface area contributed by atoms with E-state index in [1.54, 1.807) is 24.3 Å². The van der Waals surface area contributed by atoms with E-state index in [-0.39, 0.29) is 31.9 Å². The van der Waals surface area contributed by atoms with Gasteiger partial charge in [0.25, 0.3) is 5.91 Å². The van der Waals surface area contributed by atoms with Crippen LogP contribution in [0.4, 0.5) is 4.79 Å². The first-order valence-corrected chi connectivity index (χ1v) is 9.93. The molecule has 0 saturated heterocycles. The molecule has 0 fully saturated rings. The summed E-state index contributed by atoms with van der Waals surface area (Å²) < 4.78 is 4.98. The number of halogens is 1. The molecule has 2 unspecified atom stereocenters. The van der Waals surface area contributed by atoms with Crippen LogP contribution in [0, 0.1) is 0 Å². The minimum Gasteiger partial charge on any atom is -0.480 e. The average Bonchev–Trinajstić information content (AvgIpc) is 2.79. The second-order valence-corrected chi connectivity index (χ2v) is 6.97. The number of ether oxygens (including phenoxy) is 1. The number of aliphatic carboxylic acids is 1. The highest BCUT2D eigenvalue weighted by Crippen LogP contribution is 2.04. The van der Waals surface area contributed by atoms with Crippen LogP contribution in [0.15, 0.2) is 60.7 Å². The molecule has 0 aromatic heterocycles. The fourth-order valence-electron chi connectivity index (χ4n) is 2.69. The Kier molecular flexibility index (Phi) is 12.0. The van der Waals surface area contributed by atoms with Gasteiger partial charge in [0, 0.05) is 6.42 Å². The summed E-state index contributed by atoms with van der Waals surface area (Å²) in [4.78, 5) is 47.2. The molecule has 178 valence electrons. The molecule has 0 spiro atoms. The number of hydrogen-bond donors (Lipinski definition) is 5. The first-order chi connectivity index (χ1) is 15.3. The van der Waals surface area contributed by atoms with Crippen LogP contribution >= 0.6 is 12.4 Å². The van der Waals surface area contributed by atoms with Crippen LogP contribution in [0.2, 0.25) is 0 Å². The number of carboxylic acid groups (broad SMARTS) is 1. The average molecular weight is 479 g/mol. The van der Waals surface area contributed by atoms with E-state index in [0.717, 1.165) is 11.1 Å². The number of nitrogens with one attached hydrogen (secondary N) is 3. The second kappa shape index (κ2) is 14.4. The summed E-state index contributed by atoms with van der Waals surface area (Å²) >= 11 is 0. The Labute approximate surface area is 197 Å². The van der Waals surface area contributed by atoms with Crippen molar-refractivity contribution >= 4 is 36.3 Å². The van der Waals surface area contributed by atoms with E-state index in [0.29, 0.717) is 6.42 Å². The molecule has 2 rings (SSSR count). The van der Waals surface area contributed by atoms with Crippen molar-refractivity contribution in [3.8, 4) is 0 Å². The van der Waals surface area contributed by atoms with Gasteiger partial charge in [0.05, 0.1) is 6.04 Å². The molecule has 2 aromatic carbocycles. The molecule has 0 aliphatic rings. The van der Waals surface area contributed by atoms with Gasteiger partial charge in [0.1, 0.15) is 12.6 Å². The van der Waals surface area contributed by atoms with Crippen LogP contribution in [0.3, 0.4) is 0 Å². The van der Waals surface area contributed by atoms with Crippen molar-refractivity contribution in [2.75, 3.05) is 0 Å². The number of hydrazine groups is 1. The lowest BCUT2D eigenvalue weighted by molar-refractivity contribution is -0.139. The van der Waals surface area contributed by atoms with Crippen molar-refractivity contribution in [3.05, 3.63) is 71.8 Å². The zero-order valence-electron chi connectivity index (χ0n) is 17.7. The number of carbonyl (C=O) groups excluding carboxylic acids is 3. The van der Waals surface area contributed by atoms with Crippen molar-refractivity contribution < 1.29 is 29.0 Å². The third-order valence-electron chi connectivity index (χ3n) is 4.42. The maximum absolute atomic E-state index is 12.0. The summed E-state index contributed by atoms with van der Waals surface area (Å²) in [6.45, 7) is -0.0191. The number of carbonyl (C=O) groups is 4. The number of alkyl carbamates (subject to hydrolysis) is 1. The number of benzene rings is 2. The Morgan fingerprint density at radius 3 is 2.06 bits per heavy atom. The second-order valence-electron chi connectivity index (χ2n) is 6.97. The third kappa shape index (κ3) is 10.5. The Bertz CT molecular complexity index is 914. The maximum Gasteiger partial charge on any atom is 0.408 e. The van der Waals surface area contributed by atoms with E-state index in [2.05, 4.69) is 16.2 Å². The van der Waals surface area contributed by atoms with Crippen LogP contribution in [-0.2, 0) is 32.1 Å². The molecule has 33 heavy (non-hydrogen) atoms. The van der Waals surface area contributed by atoms with Gasteiger partial charge >= 0.3 is 12.1 Å². The topological polar surface area (TPSA) is 160 Å². The fraction of sp³-hybridized carbons (Fsp3) is 0.273.